The van der Waals surface area contributed by atoms with Gasteiger partial charge in [0.15, 0.2) is 11.5 Å². The molecule has 5 nitrogen and oxygen atoms in total. The molecule has 0 amide bonds. The molecule has 21 heavy (non-hydrogen) atoms. The highest BCUT2D eigenvalue weighted by Gasteiger charge is 2.20. The van der Waals surface area contributed by atoms with E-state index in [1.807, 2.05) is 38.1 Å². The second kappa shape index (κ2) is 5.79. The van der Waals surface area contributed by atoms with E-state index < -0.39 is 0 Å². The molecule has 1 aliphatic heterocycles. The number of nitrogens with two attached hydrogens (primary N) is 1. The van der Waals surface area contributed by atoms with Crippen molar-refractivity contribution in [1.82, 2.24) is 5.43 Å². The van der Waals surface area contributed by atoms with Gasteiger partial charge in [0.1, 0.15) is 11.5 Å². The second-order valence-electron chi connectivity index (χ2n) is 5.22. The molecule has 0 saturated heterocycles. The Labute approximate surface area is 124 Å². The fourth-order valence-corrected chi connectivity index (χ4v) is 2.66. The number of aryl methyl sites for hydroxylation is 2. The van der Waals surface area contributed by atoms with Gasteiger partial charge in [-0.2, -0.15) is 0 Å². The number of hydrazine groups is 1. The first-order valence-corrected chi connectivity index (χ1v) is 7.11. The first-order chi connectivity index (χ1) is 10.2. The van der Waals surface area contributed by atoms with Gasteiger partial charge < -0.3 is 13.9 Å². The van der Waals surface area contributed by atoms with Gasteiger partial charge in [0.05, 0.1) is 19.3 Å². The Balaban J connectivity index is 1.98. The van der Waals surface area contributed by atoms with Gasteiger partial charge in [0.2, 0.25) is 0 Å². The van der Waals surface area contributed by atoms with Crippen LogP contribution in [0.2, 0.25) is 0 Å². The Morgan fingerprint density at radius 2 is 1.86 bits per heavy atom. The Hall–Kier alpha value is -1.98. The number of ether oxygens (including phenoxy) is 2. The number of furan rings is 1. The average Bonchev–Trinajstić information content (AvgIpc) is 2.68. The minimum atomic E-state index is -0.139. The van der Waals surface area contributed by atoms with Crippen LogP contribution in [-0.2, 0) is 0 Å². The van der Waals surface area contributed by atoms with Crippen LogP contribution in [0.4, 0.5) is 0 Å². The molecule has 1 aromatic carbocycles. The third kappa shape index (κ3) is 2.75. The van der Waals surface area contributed by atoms with Gasteiger partial charge in [-0.1, -0.05) is 6.07 Å². The fraction of sp³-hybridized carbons (Fsp3) is 0.375. The van der Waals surface area contributed by atoms with Gasteiger partial charge in [-0.25, -0.2) is 5.43 Å². The van der Waals surface area contributed by atoms with Gasteiger partial charge in [0.25, 0.3) is 0 Å². The summed E-state index contributed by atoms with van der Waals surface area (Å²) in [6, 6.07) is 7.78. The number of fused-ring (bicyclic) bond motifs is 1. The van der Waals surface area contributed by atoms with Gasteiger partial charge in [-0.15, -0.1) is 0 Å². The highest BCUT2D eigenvalue weighted by Crippen LogP contribution is 2.35. The predicted molar refractivity (Wildman–Crippen MR) is 79.4 cm³/mol. The van der Waals surface area contributed by atoms with E-state index in [1.165, 1.54) is 0 Å². The van der Waals surface area contributed by atoms with Crippen LogP contribution in [0.15, 0.2) is 28.7 Å². The number of nitrogens with one attached hydrogen (secondary N) is 1. The summed E-state index contributed by atoms with van der Waals surface area (Å²) in [5.41, 5.74) is 4.91. The summed E-state index contributed by atoms with van der Waals surface area (Å²) in [7, 11) is 0. The molecule has 0 aliphatic carbocycles. The van der Waals surface area contributed by atoms with Crippen LogP contribution < -0.4 is 20.7 Å². The van der Waals surface area contributed by atoms with Crippen LogP contribution in [0, 0.1) is 13.8 Å². The van der Waals surface area contributed by atoms with Crippen molar-refractivity contribution in [2.75, 3.05) is 13.2 Å². The summed E-state index contributed by atoms with van der Waals surface area (Å²) in [4.78, 5) is 0. The lowest BCUT2D eigenvalue weighted by atomic mass is 9.99. The summed E-state index contributed by atoms with van der Waals surface area (Å²) >= 11 is 0. The smallest absolute Gasteiger partial charge is 0.161 e. The van der Waals surface area contributed by atoms with Gasteiger partial charge in [-0.3, -0.25) is 5.84 Å². The van der Waals surface area contributed by atoms with E-state index in [0.29, 0.717) is 13.2 Å². The van der Waals surface area contributed by atoms with Crippen LogP contribution in [0.25, 0.3) is 0 Å². The molecule has 1 aliphatic rings. The van der Waals surface area contributed by atoms with Crippen LogP contribution in [0.1, 0.15) is 35.1 Å². The molecule has 2 aromatic rings. The molecular weight excluding hydrogens is 268 g/mol. The molecule has 1 atom stereocenters. The average molecular weight is 288 g/mol. The monoisotopic (exact) mass is 288 g/mol. The minimum Gasteiger partial charge on any atom is -0.490 e. The zero-order valence-electron chi connectivity index (χ0n) is 12.3. The lowest BCUT2D eigenvalue weighted by Crippen LogP contribution is -2.29. The van der Waals surface area contributed by atoms with Crippen molar-refractivity contribution in [1.29, 1.82) is 0 Å². The zero-order valence-corrected chi connectivity index (χ0v) is 12.3. The van der Waals surface area contributed by atoms with E-state index in [9.17, 15) is 0 Å². The normalized spacial score (nSPS) is 15.6. The maximum Gasteiger partial charge on any atom is 0.161 e. The zero-order chi connectivity index (χ0) is 14.8. The Morgan fingerprint density at radius 3 is 2.52 bits per heavy atom. The van der Waals surface area contributed by atoms with Crippen LogP contribution in [0.3, 0.4) is 0 Å². The van der Waals surface area contributed by atoms with E-state index in [2.05, 4.69) is 5.43 Å². The van der Waals surface area contributed by atoms with Crippen molar-refractivity contribution >= 4 is 0 Å². The molecule has 0 fully saturated rings. The lowest BCUT2D eigenvalue weighted by molar-refractivity contribution is 0.297. The first kappa shape index (κ1) is 14.0. The van der Waals surface area contributed by atoms with Crippen LogP contribution in [0.5, 0.6) is 11.5 Å². The highest BCUT2D eigenvalue weighted by atomic mass is 16.5. The third-order valence-corrected chi connectivity index (χ3v) is 3.66. The molecule has 3 rings (SSSR count). The third-order valence-electron chi connectivity index (χ3n) is 3.66. The maximum atomic E-state index is 5.76. The van der Waals surface area contributed by atoms with E-state index >= 15 is 0 Å². The SMILES string of the molecule is Cc1cc(C(NN)c2ccc3c(c2)OCCCO3)c(C)o1. The summed E-state index contributed by atoms with van der Waals surface area (Å²) in [5.74, 6) is 9.05. The quantitative estimate of drug-likeness (QED) is 0.671. The van der Waals surface area contributed by atoms with Crippen LogP contribution in [-0.4, -0.2) is 13.2 Å². The molecule has 3 N–H and O–H groups in total. The number of rotatable bonds is 3. The molecular formula is C16H20N2O3. The number of hydrogen-bond donors (Lipinski definition) is 2. The molecule has 1 aromatic heterocycles. The highest BCUT2D eigenvalue weighted by molar-refractivity contribution is 5.46. The largest absolute Gasteiger partial charge is 0.490 e. The van der Waals surface area contributed by atoms with Gasteiger partial charge >= 0.3 is 0 Å². The standard InChI is InChI=1S/C16H20N2O3/c1-10-8-13(11(2)21-10)16(18-17)12-4-5-14-15(9-12)20-7-3-6-19-14/h4-5,8-9,16,18H,3,6-7,17H2,1-2H3. The van der Waals surface area contributed by atoms with E-state index in [1.54, 1.807) is 0 Å². The molecule has 5 heteroatoms. The molecule has 1 unspecified atom stereocenters. The van der Waals surface area contributed by atoms with Gasteiger partial charge in [-0.05, 0) is 37.6 Å². The molecule has 0 saturated carbocycles. The molecule has 112 valence electrons. The predicted octanol–water partition coefficient (Wildman–Crippen LogP) is 2.61. The Bertz CT molecular complexity index is 636. The number of hydrogen-bond acceptors (Lipinski definition) is 5. The summed E-state index contributed by atoms with van der Waals surface area (Å²) in [5, 5.41) is 0. The maximum absolute atomic E-state index is 5.76. The van der Waals surface area contributed by atoms with Crippen molar-refractivity contribution < 1.29 is 13.9 Å². The van der Waals surface area contributed by atoms with Crippen molar-refractivity contribution in [2.24, 2.45) is 5.84 Å². The lowest BCUT2D eigenvalue weighted by Gasteiger charge is -2.17. The fourth-order valence-electron chi connectivity index (χ4n) is 2.66. The molecule has 0 bridgehead atoms. The minimum absolute atomic E-state index is 0.139. The van der Waals surface area contributed by atoms with Crippen molar-refractivity contribution in [3.8, 4) is 11.5 Å². The van der Waals surface area contributed by atoms with Crippen molar-refractivity contribution in [3.05, 3.63) is 46.9 Å². The Morgan fingerprint density at radius 1 is 1.10 bits per heavy atom. The summed E-state index contributed by atoms with van der Waals surface area (Å²) in [6.07, 6.45) is 0.891. The van der Waals surface area contributed by atoms with Gasteiger partial charge in [0, 0.05) is 12.0 Å². The van der Waals surface area contributed by atoms with E-state index in [4.69, 9.17) is 19.7 Å². The molecule has 0 spiro atoms. The van der Waals surface area contributed by atoms with E-state index in [-0.39, 0.29) is 6.04 Å². The summed E-state index contributed by atoms with van der Waals surface area (Å²) < 4.78 is 17.0. The Kier molecular flexibility index (Phi) is 3.86. The van der Waals surface area contributed by atoms with Crippen LogP contribution >= 0.6 is 0 Å². The molecule has 0 radical (unpaired) electrons. The summed E-state index contributed by atoms with van der Waals surface area (Å²) in [6.45, 7) is 5.22. The van der Waals surface area contributed by atoms with E-state index in [0.717, 1.165) is 40.6 Å². The first-order valence-electron chi connectivity index (χ1n) is 7.11. The second-order valence-corrected chi connectivity index (χ2v) is 5.22. The molecule has 2 heterocycles. The van der Waals surface area contributed by atoms with Crippen molar-refractivity contribution in [3.63, 3.8) is 0 Å². The topological polar surface area (TPSA) is 69.7 Å². The van der Waals surface area contributed by atoms with Crippen molar-refractivity contribution in [2.45, 2.75) is 26.3 Å². The number of benzene rings is 1.